The molecule has 1 fully saturated rings. The lowest BCUT2D eigenvalue weighted by Gasteiger charge is -2.29. The summed E-state index contributed by atoms with van der Waals surface area (Å²) in [7, 11) is -4.01. The predicted molar refractivity (Wildman–Crippen MR) is 167 cm³/mol. The fourth-order valence-corrected chi connectivity index (χ4v) is 7.38. The molecular formula is C33H44N4O5S. The molecule has 2 heterocycles. The molecule has 9 nitrogen and oxygen atoms in total. The van der Waals surface area contributed by atoms with E-state index < -0.39 is 21.8 Å². The van der Waals surface area contributed by atoms with Gasteiger partial charge in [-0.15, -0.1) is 0 Å². The van der Waals surface area contributed by atoms with Crippen LogP contribution in [0.15, 0.2) is 69.7 Å². The van der Waals surface area contributed by atoms with E-state index in [2.05, 4.69) is 11.6 Å². The second kappa shape index (κ2) is 12.9. The Morgan fingerprint density at radius 2 is 1.74 bits per heavy atom. The Balaban J connectivity index is 1.36. The van der Waals surface area contributed by atoms with Crippen molar-refractivity contribution in [3.63, 3.8) is 0 Å². The third-order valence-corrected chi connectivity index (χ3v) is 10.1. The van der Waals surface area contributed by atoms with Crippen LogP contribution in [-0.2, 0) is 31.0 Å². The van der Waals surface area contributed by atoms with E-state index in [0.717, 1.165) is 73.2 Å². The average molecular weight is 609 g/mol. The molecule has 0 saturated heterocycles. The highest BCUT2D eigenvalue weighted by Gasteiger charge is 2.50. The van der Waals surface area contributed by atoms with E-state index in [4.69, 9.17) is 14.6 Å². The highest BCUT2D eigenvalue weighted by molar-refractivity contribution is 7.89. The number of carbonyl (C=O) groups excluding carboxylic acids is 1. The van der Waals surface area contributed by atoms with Crippen LogP contribution in [0.4, 0.5) is 0 Å². The Morgan fingerprint density at radius 3 is 2.44 bits per heavy atom. The number of amides is 1. The molecule has 1 unspecified atom stereocenters. The maximum absolute atomic E-state index is 13.9. The molecule has 1 spiro atoms. The van der Waals surface area contributed by atoms with Gasteiger partial charge in [0.2, 0.25) is 10.0 Å². The number of hydroxylamine groups is 2. The van der Waals surface area contributed by atoms with Crippen LogP contribution in [0.25, 0.3) is 11.1 Å². The maximum atomic E-state index is 13.9. The van der Waals surface area contributed by atoms with Crippen LogP contribution in [0.1, 0.15) is 85.1 Å². The van der Waals surface area contributed by atoms with Gasteiger partial charge < -0.3 is 4.74 Å². The lowest BCUT2D eigenvalue weighted by Crippen LogP contribution is -2.46. The topological polar surface area (TPSA) is 101 Å². The fourth-order valence-electron chi connectivity index (χ4n) is 6.02. The summed E-state index contributed by atoms with van der Waals surface area (Å²) in [5.41, 5.74) is 3.16. The molecular weight excluding hydrogens is 564 g/mol. The summed E-state index contributed by atoms with van der Waals surface area (Å²) >= 11 is 0. The SMILES string of the molecule is CCCCC1=NC2(CCCC2)C(=O)N1CN1OC(NS(=O)(=O)c2ccccc2-c2ccccc2COC(C)C)C(C)=C1C. The van der Waals surface area contributed by atoms with Crippen LogP contribution >= 0.6 is 0 Å². The maximum Gasteiger partial charge on any atom is 0.257 e. The molecule has 1 saturated carbocycles. The second-order valence-electron chi connectivity index (χ2n) is 12.0. The van der Waals surface area contributed by atoms with Gasteiger partial charge in [-0.2, -0.15) is 4.72 Å². The van der Waals surface area contributed by atoms with E-state index in [-0.39, 0.29) is 23.6 Å². The van der Waals surface area contributed by atoms with Crippen molar-refractivity contribution in [3.05, 3.63) is 65.4 Å². The number of hydrogen-bond donors (Lipinski definition) is 1. The van der Waals surface area contributed by atoms with Gasteiger partial charge >= 0.3 is 0 Å². The molecule has 1 amide bonds. The van der Waals surface area contributed by atoms with Crippen LogP contribution < -0.4 is 4.72 Å². The summed E-state index contributed by atoms with van der Waals surface area (Å²) in [6.07, 6.45) is 5.38. The number of unbranched alkanes of at least 4 members (excludes halogenated alkanes) is 1. The summed E-state index contributed by atoms with van der Waals surface area (Å²) < 4.78 is 36.4. The van der Waals surface area contributed by atoms with E-state index in [1.165, 1.54) is 0 Å². The Hall–Kier alpha value is -3.05. The van der Waals surface area contributed by atoms with Crippen molar-refractivity contribution >= 4 is 21.8 Å². The number of sulfonamides is 1. The molecule has 43 heavy (non-hydrogen) atoms. The van der Waals surface area contributed by atoms with Gasteiger partial charge in [0.05, 0.1) is 17.6 Å². The monoisotopic (exact) mass is 608 g/mol. The van der Waals surface area contributed by atoms with E-state index in [0.29, 0.717) is 12.2 Å². The smallest absolute Gasteiger partial charge is 0.257 e. The number of hydrogen-bond acceptors (Lipinski definition) is 7. The fraction of sp³-hybridized carbons (Fsp3) is 0.515. The van der Waals surface area contributed by atoms with E-state index in [1.807, 2.05) is 64.1 Å². The van der Waals surface area contributed by atoms with Crippen LogP contribution in [0.2, 0.25) is 0 Å². The molecule has 1 aliphatic carbocycles. The zero-order chi connectivity index (χ0) is 30.8. The van der Waals surface area contributed by atoms with Crippen molar-refractivity contribution in [2.45, 2.75) is 109 Å². The van der Waals surface area contributed by atoms with Crippen molar-refractivity contribution in [2.24, 2.45) is 4.99 Å². The number of benzene rings is 2. The minimum atomic E-state index is -4.01. The minimum absolute atomic E-state index is 0.0308. The summed E-state index contributed by atoms with van der Waals surface area (Å²) in [5, 5.41) is 1.63. The first-order valence-electron chi connectivity index (χ1n) is 15.4. The highest BCUT2D eigenvalue weighted by atomic mass is 32.2. The molecule has 0 bridgehead atoms. The van der Waals surface area contributed by atoms with Crippen LogP contribution in [0.3, 0.4) is 0 Å². The first kappa shape index (κ1) is 31.4. The summed E-state index contributed by atoms with van der Waals surface area (Å²) in [4.78, 5) is 26.7. The second-order valence-corrected chi connectivity index (χ2v) is 13.7. The number of allylic oxidation sites excluding steroid dienone is 1. The van der Waals surface area contributed by atoms with E-state index in [9.17, 15) is 13.2 Å². The number of aliphatic imine (C=N–C) groups is 1. The number of carbonyl (C=O) groups is 1. The van der Waals surface area contributed by atoms with Crippen molar-refractivity contribution in [1.29, 1.82) is 0 Å². The molecule has 3 aliphatic rings. The normalized spacial score (nSPS) is 20.3. The van der Waals surface area contributed by atoms with Gasteiger partial charge in [0.1, 0.15) is 18.0 Å². The summed E-state index contributed by atoms with van der Waals surface area (Å²) in [5.74, 6) is 0.837. The van der Waals surface area contributed by atoms with Crippen molar-refractivity contribution < 1.29 is 22.8 Å². The lowest BCUT2D eigenvalue weighted by molar-refractivity contribution is -0.165. The number of nitrogens with one attached hydrogen (secondary N) is 1. The van der Waals surface area contributed by atoms with Gasteiger partial charge in [0.25, 0.3) is 5.91 Å². The molecule has 1 atom stereocenters. The van der Waals surface area contributed by atoms with Crippen molar-refractivity contribution in [3.8, 4) is 11.1 Å². The third kappa shape index (κ3) is 6.43. The number of ether oxygens (including phenoxy) is 1. The highest BCUT2D eigenvalue weighted by Crippen LogP contribution is 2.40. The zero-order valence-corrected chi connectivity index (χ0v) is 26.7. The zero-order valence-electron chi connectivity index (χ0n) is 25.9. The molecule has 232 valence electrons. The Morgan fingerprint density at radius 1 is 1.07 bits per heavy atom. The third-order valence-electron chi connectivity index (χ3n) is 8.64. The largest absolute Gasteiger partial charge is 0.374 e. The van der Waals surface area contributed by atoms with Gasteiger partial charge in [-0.1, -0.05) is 68.7 Å². The molecule has 2 aromatic carbocycles. The number of rotatable bonds is 12. The minimum Gasteiger partial charge on any atom is -0.374 e. The van der Waals surface area contributed by atoms with Gasteiger partial charge in [0, 0.05) is 17.7 Å². The standard InChI is InChI=1S/C33H44N4O5S/c1-6-7-18-30-34-33(19-12-13-20-33)32(38)36(30)22-37-25(5)24(4)31(42-37)35-43(39,40)29-17-11-10-16-28(29)27-15-9-8-14-26(27)21-41-23(2)3/h8-11,14-17,23,31,35H,6-7,12-13,18-22H2,1-5H3. The van der Waals surface area contributed by atoms with Crippen molar-refractivity contribution in [2.75, 3.05) is 6.67 Å². The first-order chi connectivity index (χ1) is 20.6. The average Bonchev–Trinajstić information content (AvgIpc) is 3.65. The van der Waals surface area contributed by atoms with E-state index in [1.54, 1.807) is 22.1 Å². The first-order valence-corrected chi connectivity index (χ1v) is 16.9. The number of amidine groups is 1. The van der Waals surface area contributed by atoms with Crippen LogP contribution in [0, 0.1) is 0 Å². The van der Waals surface area contributed by atoms with Crippen LogP contribution in [-0.4, -0.2) is 54.7 Å². The van der Waals surface area contributed by atoms with Crippen LogP contribution in [0.5, 0.6) is 0 Å². The Bertz CT molecular complexity index is 1510. The number of nitrogens with zero attached hydrogens (tertiary/aromatic N) is 3. The van der Waals surface area contributed by atoms with Gasteiger partial charge in [-0.25, -0.2) is 18.3 Å². The lowest BCUT2D eigenvalue weighted by atomic mass is 9.98. The van der Waals surface area contributed by atoms with Crippen molar-refractivity contribution in [1.82, 2.24) is 14.7 Å². The Labute approximate surface area is 256 Å². The quantitative estimate of drug-likeness (QED) is 0.311. The molecule has 2 aromatic rings. The van der Waals surface area contributed by atoms with Gasteiger partial charge in [-0.05, 0) is 69.7 Å². The van der Waals surface area contributed by atoms with Gasteiger partial charge in [0.15, 0.2) is 6.23 Å². The van der Waals surface area contributed by atoms with E-state index >= 15 is 0 Å². The predicted octanol–water partition coefficient (Wildman–Crippen LogP) is 6.13. The van der Waals surface area contributed by atoms with Gasteiger partial charge in [-0.3, -0.25) is 14.7 Å². The molecule has 0 aromatic heterocycles. The molecule has 5 rings (SSSR count). The molecule has 1 N–H and O–H groups in total. The molecule has 10 heteroatoms. The molecule has 0 radical (unpaired) electrons. The summed E-state index contributed by atoms with van der Waals surface area (Å²) in [6.45, 7) is 10.3. The Kier molecular flexibility index (Phi) is 9.41. The molecule has 2 aliphatic heterocycles. The summed E-state index contributed by atoms with van der Waals surface area (Å²) in [6, 6.07) is 14.7.